The molecule has 4 rings (SSSR count). The summed E-state index contributed by atoms with van der Waals surface area (Å²) < 4.78 is 11.5. The second kappa shape index (κ2) is 11.3. The topological polar surface area (TPSA) is 148 Å². The maximum absolute atomic E-state index is 13.3. The van der Waals surface area contributed by atoms with Crippen molar-refractivity contribution in [3.63, 3.8) is 0 Å². The maximum Gasteiger partial charge on any atom is 0.326 e. The molecule has 0 spiro atoms. The summed E-state index contributed by atoms with van der Waals surface area (Å²) in [5.74, 6) is -0.494. The molecule has 1 aromatic carbocycles. The van der Waals surface area contributed by atoms with E-state index in [0.29, 0.717) is 13.0 Å². The van der Waals surface area contributed by atoms with Gasteiger partial charge < -0.3 is 25.4 Å². The van der Waals surface area contributed by atoms with Crippen LogP contribution >= 0.6 is 7.60 Å². The zero-order valence-electron chi connectivity index (χ0n) is 20.1. The summed E-state index contributed by atoms with van der Waals surface area (Å²) in [7, 11) is -4.20. The Balaban J connectivity index is 1.38. The summed E-state index contributed by atoms with van der Waals surface area (Å²) in [6.45, 7) is 2.55. The van der Waals surface area contributed by atoms with Crippen LogP contribution in [0.1, 0.15) is 36.9 Å². The summed E-state index contributed by atoms with van der Waals surface area (Å²) in [5, 5.41) is 6.59. The fourth-order valence-electron chi connectivity index (χ4n) is 4.68. The number of fused-ring (bicyclic) bond motifs is 1. The number of carbonyl (C=O) groups excluding carboxylic acids is 2. The van der Waals surface area contributed by atoms with Gasteiger partial charge in [0.15, 0.2) is 0 Å². The molecule has 2 amide bonds. The molecule has 0 bridgehead atoms. The average Bonchev–Trinajstić information content (AvgIpc) is 3.29. The van der Waals surface area contributed by atoms with E-state index in [1.807, 2.05) is 47.4 Å². The van der Waals surface area contributed by atoms with Gasteiger partial charge in [-0.3, -0.25) is 24.0 Å². The van der Waals surface area contributed by atoms with Gasteiger partial charge in [-0.15, -0.1) is 0 Å². The van der Waals surface area contributed by atoms with Gasteiger partial charge in [0.1, 0.15) is 6.04 Å². The van der Waals surface area contributed by atoms with Crippen LogP contribution in [-0.2, 0) is 20.7 Å². The Morgan fingerprint density at radius 1 is 1.25 bits per heavy atom. The smallest absolute Gasteiger partial charge is 0.326 e. The van der Waals surface area contributed by atoms with Crippen molar-refractivity contribution in [2.24, 2.45) is 0 Å². The molecular formula is C25H32N5O5P. The van der Waals surface area contributed by atoms with Crippen LogP contribution in [0.3, 0.4) is 0 Å². The third-order valence-corrected chi connectivity index (χ3v) is 7.43. The maximum atomic E-state index is 13.3. The van der Waals surface area contributed by atoms with Gasteiger partial charge >= 0.3 is 7.60 Å². The van der Waals surface area contributed by atoms with E-state index in [0.717, 1.165) is 28.6 Å². The minimum Gasteiger partial charge on any atom is -0.357 e. The first kappa shape index (κ1) is 26.0. The van der Waals surface area contributed by atoms with E-state index in [1.165, 1.54) is 0 Å². The van der Waals surface area contributed by atoms with E-state index in [1.54, 1.807) is 19.3 Å². The second-order valence-electron chi connectivity index (χ2n) is 9.28. The van der Waals surface area contributed by atoms with Crippen LogP contribution in [0.25, 0.3) is 10.9 Å². The van der Waals surface area contributed by atoms with Gasteiger partial charge in [0.25, 0.3) is 0 Å². The minimum atomic E-state index is -4.20. The molecule has 2 aromatic heterocycles. The number of pyridine rings is 1. The van der Waals surface area contributed by atoms with Crippen molar-refractivity contribution in [1.82, 2.24) is 25.5 Å². The number of nitrogens with one attached hydrogen (secondary N) is 3. The lowest BCUT2D eigenvalue weighted by molar-refractivity contribution is -0.132. The number of hydrogen-bond acceptors (Lipinski definition) is 5. The number of benzene rings is 1. The van der Waals surface area contributed by atoms with Crippen molar-refractivity contribution in [2.75, 3.05) is 19.3 Å². The van der Waals surface area contributed by atoms with Gasteiger partial charge in [-0.2, -0.15) is 0 Å². The fraction of sp³-hybridized carbons (Fsp3) is 0.400. The molecule has 3 atom stereocenters. The molecule has 0 aliphatic carbocycles. The Morgan fingerprint density at radius 2 is 2.03 bits per heavy atom. The molecule has 5 N–H and O–H groups in total. The van der Waals surface area contributed by atoms with Crippen LogP contribution in [0.15, 0.2) is 54.9 Å². The number of hydrogen-bond donors (Lipinski definition) is 5. The van der Waals surface area contributed by atoms with Crippen LogP contribution in [0, 0.1) is 0 Å². The van der Waals surface area contributed by atoms with E-state index in [2.05, 4.69) is 20.6 Å². The van der Waals surface area contributed by atoms with Crippen LogP contribution < -0.4 is 10.6 Å². The van der Waals surface area contributed by atoms with Crippen molar-refractivity contribution in [1.29, 1.82) is 0 Å². The van der Waals surface area contributed by atoms with Crippen LogP contribution in [-0.4, -0.2) is 67.8 Å². The molecule has 36 heavy (non-hydrogen) atoms. The highest BCUT2D eigenvalue weighted by Crippen LogP contribution is 2.36. The molecule has 0 saturated carbocycles. The molecule has 0 radical (unpaired) electrons. The summed E-state index contributed by atoms with van der Waals surface area (Å²) in [5.41, 5.74) is 2.88. The highest BCUT2D eigenvalue weighted by Gasteiger charge is 2.35. The quantitative estimate of drug-likeness (QED) is 0.275. The molecule has 10 nitrogen and oxygen atoms in total. The molecular weight excluding hydrogens is 481 g/mol. The molecule has 3 aromatic rings. The number of amides is 2. The van der Waals surface area contributed by atoms with E-state index in [4.69, 9.17) is 0 Å². The Labute approximate surface area is 209 Å². The lowest BCUT2D eigenvalue weighted by Gasteiger charge is -2.39. The van der Waals surface area contributed by atoms with Gasteiger partial charge in [0.2, 0.25) is 11.8 Å². The normalized spacial score (nSPS) is 19.6. The van der Waals surface area contributed by atoms with E-state index in [9.17, 15) is 23.9 Å². The number of nitrogens with zero attached hydrogens (tertiary/aromatic N) is 2. The van der Waals surface area contributed by atoms with Crippen LogP contribution in [0.2, 0.25) is 0 Å². The Morgan fingerprint density at radius 3 is 2.75 bits per heavy atom. The lowest BCUT2D eigenvalue weighted by Crippen LogP contribution is -2.55. The SMILES string of the molecule is C[C@H](NC(=O)[C@H]1C[C@@H](c2ccccc2)CCN1CCP(=O)(O)O)C(=O)NCc1cc2cnccc2[nH]1. The molecule has 1 saturated heterocycles. The monoisotopic (exact) mass is 513 g/mol. The van der Waals surface area contributed by atoms with Crippen molar-refractivity contribution in [3.8, 4) is 0 Å². The van der Waals surface area contributed by atoms with Gasteiger partial charge in [-0.1, -0.05) is 30.3 Å². The van der Waals surface area contributed by atoms with Crippen molar-refractivity contribution in [3.05, 3.63) is 66.1 Å². The molecule has 0 unspecified atom stereocenters. The highest BCUT2D eigenvalue weighted by molar-refractivity contribution is 7.51. The van der Waals surface area contributed by atoms with E-state index < -0.39 is 19.7 Å². The Kier molecular flexibility index (Phi) is 8.21. The molecule has 1 fully saturated rings. The number of carbonyl (C=O) groups is 2. The first-order valence-corrected chi connectivity index (χ1v) is 13.8. The fourth-order valence-corrected chi connectivity index (χ4v) is 5.20. The molecule has 1 aliphatic rings. The standard InChI is InChI=1S/C25H32N5O5P/c1-17(24(31)27-16-21-13-20-15-26-9-7-22(20)29-21)28-25(32)23-14-19(18-5-3-2-4-6-18)8-10-30(23)11-12-36(33,34)35/h2-7,9,13,15,17,19,23,29H,8,10-12,14,16H2,1H3,(H,27,31)(H,28,32)(H2,33,34,35)/t17-,19-,23+/m0/s1. The number of piperidine rings is 1. The number of rotatable bonds is 9. The summed E-state index contributed by atoms with van der Waals surface area (Å²) >= 11 is 0. The Bertz CT molecular complexity index is 1210. The molecule has 192 valence electrons. The Hall–Kier alpha value is -3.04. The zero-order valence-corrected chi connectivity index (χ0v) is 21.0. The highest BCUT2D eigenvalue weighted by atomic mass is 31.2. The number of aromatic nitrogens is 2. The van der Waals surface area contributed by atoms with Gasteiger partial charge in [0, 0.05) is 35.5 Å². The zero-order chi connectivity index (χ0) is 25.7. The third-order valence-electron chi connectivity index (χ3n) is 6.65. The third kappa shape index (κ3) is 6.79. The number of likely N-dealkylation sites (tertiary alicyclic amines) is 1. The van der Waals surface area contributed by atoms with Gasteiger partial charge in [0.05, 0.1) is 18.7 Å². The molecule has 11 heteroatoms. The first-order valence-electron chi connectivity index (χ1n) is 12.0. The minimum absolute atomic E-state index is 0.111. The van der Waals surface area contributed by atoms with Crippen LogP contribution in [0.5, 0.6) is 0 Å². The number of aromatic amines is 1. The van der Waals surface area contributed by atoms with E-state index >= 15 is 0 Å². The van der Waals surface area contributed by atoms with Crippen molar-refractivity contribution >= 4 is 30.3 Å². The second-order valence-corrected chi connectivity index (χ2v) is 11.1. The largest absolute Gasteiger partial charge is 0.357 e. The summed E-state index contributed by atoms with van der Waals surface area (Å²) in [6, 6.07) is 12.3. The molecule has 3 heterocycles. The summed E-state index contributed by atoms with van der Waals surface area (Å²) in [4.78, 5) is 53.8. The predicted octanol–water partition coefficient (Wildman–Crippen LogP) is 2.11. The first-order chi connectivity index (χ1) is 17.2. The van der Waals surface area contributed by atoms with E-state index in [-0.39, 0.29) is 37.0 Å². The lowest BCUT2D eigenvalue weighted by atomic mass is 9.85. The van der Waals surface area contributed by atoms with Crippen molar-refractivity contribution < 1.29 is 23.9 Å². The average molecular weight is 514 g/mol. The predicted molar refractivity (Wildman–Crippen MR) is 136 cm³/mol. The molecule has 1 aliphatic heterocycles. The van der Waals surface area contributed by atoms with Crippen molar-refractivity contribution in [2.45, 2.75) is 44.3 Å². The van der Waals surface area contributed by atoms with Gasteiger partial charge in [-0.05, 0) is 49.9 Å². The summed E-state index contributed by atoms with van der Waals surface area (Å²) in [6.07, 6.45) is 4.41. The van der Waals surface area contributed by atoms with Crippen LogP contribution in [0.4, 0.5) is 0 Å². The van der Waals surface area contributed by atoms with Gasteiger partial charge in [-0.25, -0.2) is 0 Å². The number of H-pyrrole nitrogens is 1.